The Hall–Kier alpha value is -2.82. The molecule has 0 spiro atoms. The van der Waals surface area contributed by atoms with Crippen LogP contribution in [0.1, 0.15) is 25.0 Å². The molecule has 30 heavy (non-hydrogen) atoms. The van der Waals surface area contributed by atoms with Gasteiger partial charge in [0.2, 0.25) is 0 Å². The lowest BCUT2D eigenvalue weighted by atomic mass is 10.0. The molecule has 1 aromatic heterocycles. The van der Waals surface area contributed by atoms with E-state index in [0.29, 0.717) is 17.3 Å². The zero-order chi connectivity index (χ0) is 21.3. The molecule has 0 atom stereocenters. The maximum absolute atomic E-state index is 10.4. The van der Waals surface area contributed by atoms with Crippen LogP contribution in [-0.2, 0) is 6.54 Å². The number of halogens is 1. The van der Waals surface area contributed by atoms with E-state index in [2.05, 4.69) is 49.2 Å². The number of pyridine rings is 1. The first kappa shape index (κ1) is 20.5. The van der Waals surface area contributed by atoms with E-state index in [0.717, 1.165) is 57.4 Å². The highest BCUT2D eigenvalue weighted by Gasteiger charge is 2.13. The van der Waals surface area contributed by atoms with Crippen molar-refractivity contribution in [3.8, 4) is 5.75 Å². The SMILES string of the molecule is CCN(CC)Cc1cc(Nc2c3ccc(Cl)cc3nc3c(C)cccc23)ccc1O. The summed E-state index contributed by atoms with van der Waals surface area (Å²) in [5.74, 6) is 0.319. The Balaban J connectivity index is 1.84. The first-order chi connectivity index (χ1) is 14.5. The summed E-state index contributed by atoms with van der Waals surface area (Å²) < 4.78 is 0. The first-order valence-electron chi connectivity index (χ1n) is 10.3. The summed E-state index contributed by atoms with van der Waals surface area (Å²) in [6.07, 6.45) is 0. The minimum atomic E-state index is 0.319. The summed E-state index contributed by atoms with van der Waals surface area (Å²) in [6, 6.07) is 17.7. The highest BCUT2D eigenvalue weighted by molar-refractivity contribution is 6.31. The first-order valence-corrected chi connectivity index (χ1v) is 10.7. The van der Waals surface area contributed by atoms with Crippen molar-refractivity contribution in [2.24, 2.45) is 0 Å². The molecule has 0 aliphatic rings. The van der Waals surface area contributed by atoms with Crippen LogP contribution in [-0.4, -0.2) is 28.1 Å². The van der Waals surface area contributed by atoms with Crippen molar-refractivity contribution in [1.29, 1.82) is 0 Å². The number of phenolic OH excluding ortho intramolecular Hbond substituents is 1. The minimum absolute atomic E-state index is 0.319. The Labute approximate surface area is 182 Å². The molecule has 0 aliphatic carbocycles. The monoisotopic (exact) mass is 419 g/mol. The van der Waals surface area contributed by atoms with Gasteiger partial charge < -0.3 is 10.4 Å². The third-order valence-corrected chi connectivity index (χ3v) is 5.84. The Morgan fingerprint density at radius 1 is 1.00 bits per heavy atom. The van der Waals surface area contributed by atoms with Gasteiger partial charge in [0.25, 0.3) is 0 Å². The van der Waals surface area contributed by atoms with Crippen LogP contribution in [0.2, 0.25) is 5.02 Å². The number of fused-ring (bicyclic) bond motifs is 2. The molecular formula is C25H26ClN3O. The lowest BCUT2D eigenvalue weighted by Gasteiger charge is -2.20. The average Bonchev–Trinajstić information content (AvgIpc) is 2.74. The van der Waals surface area contributed by atoms with Crippen molar-refractivity contribution in [3.05, 3.63) is 70.7 Å². The highest BCUT2D eigenvalue weighted by Crippen LogP contribution is 2.36. The summed E-state index contributed by atoms with van der Waals surface area (Å²) in [7, 11) is 0. The zero-order valence-electron chi connectivity index (χ0n) is 17.5. The van der Waals surface area contributed by atoms with Crippen LogP contribution in [0, 0.1) is 6.92 Å². The molecule has 0 amide bonds. The molecule has 3 aromatic carbocycles. The van der Waals surface area contributed by atoms with Crippen LogP contribution < -0.4 is 5.32 Å². The molecule has 4 nitrogen and oxygen atoms in total. The van der Waals surface area contributed by atoms with Gasteiger partial charge in [-0.05, 0) is 62.0 Å². The zero-order valence-corrected chi connectivity index (χ0v) is 18.3. The number of aromatic nitrogens is 1. The van der Waals surface area contributed by atoms with E-state index in [1.807, 2.05) is 30.3 Å². The summed E-state index contributed by atoms with van der Waals surface area (Å²) in [4.78, 5) is 7.14. The molecular weight excluding hydrogens is 394 g/mol. The highest BCUT2D eigenvalue weighted by atomic mass is 35.5. The second-order valence-corrected chi connectivity index (χ2v) is 7.99. The van der Waals surface area contributed by atoms with E-state index in [-0.39, 0.29) is 0 Å². The molecule has 0 bridgehead atoms. The van der Waals surface area contributed by atoms with Gasteiger partial charge in [0.05, 0.1) is 16.7 Å². The number of rotatable bonds is 6. The van der Waals surface area contributed by atoms with E-state index in [1.54, 1.807) is 6.07 Å². The Bertz CT molecular complexity index is 1220. The molecule has 5 heteroatoms. The van der Waals surface area contributed by atoms with Crippen molar-refractivity contribution >= 4 is 44.8 Å². The molecule has 1 heterocycles. The fourth-order valence-corrected chi connectivity index (χ4v) is 4.01. The normalized spacial score (nSPS) is 11.5. The molecule has 154 valence electrons. The molecule has 4 rings (SSSR count). The number of hydrogen-bond acceptors (Lipinski definition) is 4. The maximum atomic E-state index is 10.4. The molecule has 0 aliphatic heterocycles. The second kappa shape index (κ2) is 8.50. The molecule has 4 aromatic rings. The number of aryl methyl sites for hydroxylation is 1. The van der Waals surface area contributed by atoms with Crippen LogP contribution in [0.15, 0.2) is 54.6 Å². The number of anilines is 2. The molecule has 2 N–H and O–H groups in total. The van der Waals surface area contributed by atoms with Gasteiger partial charge in [-0.3, -0.25) is 4.90 Å². The van der Waals surface area contributed by atoms with E-state index in [1.165, 1.54) is 0 Å². The Kier molecular flexibility index (Phi) is 5.80. The van der Waals surface area contributed by atoms with E-state index in [9.17, 15) is 5.11 Å². The number of nitrogens with one attached hydrogen (secondary N) is 1. The van der Waals surface area contributed by atoms with Crippen LogP contribution >= 0.6 is 11.6 Å². The summed E-state index contributed by atoms with van der Waals surface area (Å²) in [5.41, 5.74) is 5.76. The van der Waals surface area contributed by atoms with Crippen LogP contribution in [0.25, 0.3) is 21.8 Å². The Morgan fingerprint density at radius 3 is 2.57 bits per heavy atom. The van der Waals surface area contributed by atoms with Gasteiger partial charge in [0.1, 0.15) is 5.75 Å². The van der Waals surface area contributed by atoms with Crippen LogP contribution in [0.5, 0.6) is 5.75 Å². The van der Waals surface area contributed by atoms with E-state index >= 15 is 0 Å². The van der Waals surface area contributed by atoms with Crippen LogP contribution in [0.3, 0.4) is 0 Å². The number of nitrogens with zero attached hydrogens (tertiary/aromatic N) is 2. The van der Waals surface area contributed by atoms with Crippen molar-refractivity contribution in [1.82, 2.24) is 9.88 Å². The van der Waals surface area contributed by atoms with E-state index < -0.39 is 0 Å². The quantitative estimate of drug-likeness (QED) is 0.271. The van der Waals surface area contributed by atoms with Gasteiger partial charge in [-0.15, -0.1) is 0 Å². The molecule has 0 fully saturated rings. The number of phenols is 1. The number of para-hydroxylation sites is 1. The third kappa shape index (κ3) is 3.93. The van der Waals surface area contributed by atoms with Crippen molar-refractivity contribution in [2.75, 3.05) is 18.4 Å². The maximum Gasteiger partial charge on any atom is 0.120 e. The fourth-order valence-electron chi connectivity index (χ4n) is 3.84. The largest absolute Gasteiger partial charge is 0.508 e. The smallest absolute Gasteiger partial charge is 0.120 e. The Morgan fingerprint density at radius 2 is 1.80 bits per heavy atom. The van der Waals surface area contributed by atoms with Crippen molar-refractivity contribution in [3.63, 3.8) is 0 Å². The van der Waals surface area contributed by atoms with Gasteiger partial charge in [-0.1, -0.05) is 43.6 Å². The minimum Gasteiger partial charge on any atom is -0.508 e. The van der Waals surface area contributed by atoms with Crippen LogP contribution in [0.4, 0.5) is 11.4 Å². The van der Waals surface area contributed by atoms with Crippen molar-refractivity contribution in [2.45, 2.75) is 27.3 Å². The molecule has 0 saturated heterocycles. The predicted molar refractivity (Wildman–Crippen MR) is 127 cm³/mol. The summed E-state index contributed by atoms with van der Waals surface area (Å²) in [5, 5.41) is 16.7. The molecule has 0 saturated carbocycles. The molecule has 0 radical (unpaired) electrons. The lowest BCUT2D eigenvalue weighted by Crippen LogP contribution is -2.22. The predicted octanol–water partition coefficient (Wildman–Crippen LogP) is 6.64. The van der Waals surface area contributed by atoms with E-state index in [4.69, 9.17) is 16.6 Å². The lowest BCUT2D eigenvalue weighted by molar-refractivity contribution is 0.291. The van der Waals surface area contributed by atoms with Gasteiger partial charge in [-0.2, -0.15) is 0 Å². The summed E-state index contributed by atoms with van der Waals surface area (Å²) in [6.45, 7) is 8.91. The van der Waals surface area contributed by atoms with Gasteiger partial charge in [0, 0.05) is 33.6 Å². The van der Waals surface area contributed by atoms with Gasteiger partial charge in [-0.25, -0.2) is 4.98 Å². The van der Waals surface area contributed by atoms with Crippen molar-refractivity contribution < 1.29 is 5.11 Å². The number of aromatic hydroxyl groups is 1. The van der Waals surface area contributed by atoms with Gasteiger partial charge in [0.15, 0.2) is 0 Å². The van der Waals surface area contributed by atoms with Gasteiger partial charge >= 0.3 is 0 Å². The second-order valence-electron chi connectivity index (χ2n) is 7.55. The summed E-state index contributed by atoms with van der Waals surface area (Å²) >= 11 is 6.24. The standard InChI is InChI=1S/C25H26ClN3O/c1-4-29(5-2)15-17-13-19(10-12-23(17)30)27-25-20-11-9-18(26)14-22(20)28-24-16(3)7-6-8-21(24)25/h6-14,30H,4-5,15H2,1-3H3,(H,27,28). The molecule has 0 unspecified atom stereocenters. The number of hydrogen-bond donors (Lipinski definition) is 2. The average molecular weight is 420 g/mol. The topological polar surface area (TPSA) is 48.4 Å². The fraction of sp³-hybridized carbons (Fsp3) is 0.240. The number of benzene rings is 3. The third-order valence-electron chi connectivity index (χ3n) is 5.61.